The Morgan fingerprint density at radius 1 is 0.415 bits per heavy atom. The summed E-state index contributed by atoms with van der Waals surface area (Å²) in [6.07, 6.45) is 1.93. The molecule has 2 saturated heterocycles. The fourth-order valence-electron chi connectivity index (χ4n) is 11.7. The van der Waals surface area contributed by atoms with Crippen molar-refractivity contribution in [2.24, 2.45) is 0 Å². The summed E-state index contributed by atoms with van der Waals surface area (Å²) in [6.45, 7) is 0.665. The van der Waals surface area contributed by atoms with Gasteiger partial charge in [0.15, 0.2) is 0 Å². The minimum atomic E-state index is -0.817. The van der Waals surface area contributed by atoms with Crippen LogP contribution in [0.2, 0.25) is 0 Å². The zero-order chi connectivity index (χ0) is 56.8. The van der Waals surface area contributed by atoms with Gasteiger partial charge >= 0.3 is 451 Å². The molecule has 0 radical (unpaired) electrons. The number of anilines is 4. The van der Waals surface area contributed by atoms with Crippen LogP contribution in [0, 0.1) is 40.5 Å². The van der Waals surface area contributed by atoms with E-state index in [9.17, 15) is 50.0 Å². The van der Waals surface area contributed by atoms with Crippen LogP contribution in [0.3, 0.4) is 0 Å². The second-order valence-electron chi connectivity index (χ2n) is 20.0. The molecule has 0 saturated carbocycles. The molecule has 2 N–H and O–H groups in total. The molecule has 12 rings (SSSR count). The first kappa shape index (κ1) is 53.1. The molecule has 0 aliphatic carbocycles. The number of nitrogens with zero attached hydrogens (tertiary/aromatic N) is 6. The van der Waals surface area contributed by atoms with Crippen LogP contribution >= 0.6 is 0 Å². The SMILES string of the molecule is O=C(Nc1ccc2ccccc2c1-c1c([Se][Se]c2ccc3ccccc3c2-c2c(NC(=O)[C@@H]3CCCN3c3ccc([N+](=O)[O-])cc3[N+](=O)[O-])ccc3ccccc23)ccc2ccccc12)[C@@H]1CCCN1c1ccc([N+](=O)[O-])cc1[N+](=O)[O-]. The van der Waals surface area contributed by atoms with E-state index in [1.807, 2.05) is 97.1 Å². The van der Waals surface area contributed by atoms with Crippen LogP contribution in [-0.4, -0.2) is 82.9 Å². The van der Waals surface area contributed by atoms with Crippen molar-refractivity contribution in [2.45, 2.75) is 37.8 Å². The zero-order valence-electron chi connectivity index (χ0n) is 43.3. The molecule has 10 aromatic rings. The number of benzene rings is 10. The molecule has 0 unspecified atom stereocenters. The molecule has 2 fully saturated rings. The van der Waals surface area contributed by atoms with E-state index in [2.05, 4.69) is 59.2 Å². The van der Waals surface area contributed by atoms with Crippen molar-refractivity contribution in [3.63, 3.8) is 0 Å². The van der Waals surface area contributed by atoms with Crippen LogP contribution in [0.15, 0.2) is 182 Å². The molecule has 2 aliphatic heterocycles. The predicted molar refractivity (Wildman–Crippen MR) is 322 cm³/mol. The van der Waals surface area contributed by atoms with Gasteiger partial charge in [-0.05, 0) is 0 Å². The third-order valence-corrected chi connectivity index (χ3v) is 22.5. The first-order chi connectivity index (χ1) is 39.8. The molecule has 0 spiro atoms. The van der Waals surface area contributed by atoms with Gasteiger partial charge in [-0.3, -0.25) is 20.2 Å². The van der Waals surface area contributed by atoms with E-state index < -0.39 is 54.5 Å². The molecule has 10 aromatic carbocycles. The monoisotopic (exact) mass is 1220 g/mol. The number of nitro benzene ring substituents is 4. The van der Waals surface area contributed by atoms with E-state index in [4.69, 9.17) is 0 Å². The Bertz CT molecular complexity index is 4060. The van der Waals surface area contributed by atoms with Gasteiger partial charge in [0.2, 0.25) is 0 Å². The normalized spacial score (nSPS) is 15.1. The van der Waals surface area contributed by atoms with Crippen molar-refractivity contribution in [3.05, 3.63) is 222 Å². The minimum absolute atomic E-state index is 0.132. The van der Waals surface area contributed by atoms with Gasteiger partial charge in [-0.25, -0.2) is 0 Å². The van der Waals surface area contributed by atoms with Crippen LogP contribution in [-0.2, 0) is 9.59 Å². The third kappa shape index (κ3) is 9.87. The Morgan fingerprint density at radius 2 is 0.756 bits per heavy atom. The van der Waals surface area contributed by atoms with Gasteiger partial charge in [0, 0.05) is 0 Å². The van der Waals surface area contributed by atoms with Crippen molar-refractivity contribution in [3.8, 4) is 22.3 Å². The first-order valence-electron chi connectivity index (χ1n) is 26.3. The molecule has 82 heavy (non-hydrogen) atoms. The number of fused-ring (bicyclic) bond motifs is 4. The van der Waals surface area contributed by atoms with Crippen molar-refractivity contribution in [2.75, 3.05) is 33.5 Å². The second kappa shape index (κ2) is 22.2. The van der Waals surface area contributed by atoms with E-state index in [1.54, 1.807) is 9.80 Å². The number of hydrogen-bond donors (Lipinski definition) is 2. The van der Waals surface area contributed by atoms with Crippen LogP contribution in [0.4, 0.5) is 45.5 Å². The van der Waals surface area contributed by atoms with E-state index >= 15 is 0 Å². The van der Waals surface area contributed by atoms with Crippen molar-refractivity contribution in [1.29, 1.82) is 0 Å². The van der Waals surface area contributed by atoms with Gasteiger partial charge in [-0.1, -0.05) is 0 Å². The van der Waals surface area contributed by atoms with Crippen molar-refractivity contribution < 1.29 is 29.3 Å². The van der Waals surface area contributed by atoms with Gasteiger partial charge in [-0.15, -0.1) is 0 Å². The Labute approximate surface area is 478 Å². The molecule has 18 nitrogen and oxygen atoms in total. The molecular formula is C62H46N8O10Se2. The molecule has 2 atom stereocenters. The zero-order valence-corrected chi connectivity index (χ0v) is 46.7. The fraction of sp³-hybridized carbons (Fsp3) is 0.129. The number of hydrogen-bond acceptors (Lipinski definition) is 12. The van der Waals surface area contributed by atoms with E-state index in [-0.39, 0.29) is 49.5 Å². The Balaban J connectivity index is 0.946. The van der Waals surface area contributed by atoms with Crippen LogP contribution in [0.1, 0.15) is 25.7 Å². The quantitative estimate of drug-likeness (QED) is 0.0554. The maximum absolute atomic E-state index is 14.8. The Morgan fingerprint density at radius 3 is 1.11 bits per heavy atom. The number of amides is 2. The van der Waals surface area contributed by atoms with Gasteiger partial charge in [-0.2, -0.15) is 0 Å². The van der Waals surface area contributed by atoms with Crippen LogP contribution < -0.4 is 29.4 Å². The summed E-state index contributed by atoms with van der Waals surface area (Å²) in [5.74, 6) is -0.740. The molecule has 2 heterocycles. The fourth-order valence-corrected chi connectivity index (χ4v) is 18.8. The summed E-state index contributed by atoms with van der Waals surface area (Å²) >= 11 is -0.507. The maximum atomic E-state index is 14.8. The average molecular weight is 1220 g/mol. The van der Waals surface area contributed by atoms with Gasteiger partial charge < -0.3 is 0 Å². The summed E-state index contributed by atoms with van der Waals surface area (Å²) in [5.41, 5.74) is 3.19. The second-order valence-corrected chi connectivity index (χ2v) is 26.1. The summed E-state index contributed by atoms with van der Waals surface area (Å²) in [4.78, 5) is 78.3. The van der Waals surface area contributed by atoms with E-state index in [0.717, 1.165) is 86.4 Å². The van der Waals surface area contributed by atoms with E-state index in [1.165, 1.54) is 24.3 Å². The van der Waals surface area contributed by atoms with Crippen LogP contribution in [0.25, 0.3) is 65.3 Å². The summed E-state index contributed by atoms with van der Waals surface area (Å²) in [5, 5.41) is 62.2. The van der Waals surface area contributed by atoms with Gasteiger partial charge in [0.05, 0.1) is 9.85 Å². The Kier molecular flexibility index (Phi) is 14.3. The molecule has 20 heteroatoms. The molecule has 2 aliphatic rings. The summed E-state index contributed by atoms with van der Waals surface area (Å²) < 4.78 is 2.16. The topological polar surface area (TPSA) is 237 Å². The number of nitro groups is 4. The molecule has 0 bridgehead atoms. The average Bonchev–Trinajstić information content (AvgIpc) is 4.28. The molecular weight excluding hydrogens is 1170 g/mol. The number of nitrogens with one attached hydrogen (secondary N) is 2. The molecule has 2 amide bonds. The third-order valence-electron chi connectivity index (χ3n) is 15.3. The number of rotatable bonds is 15. The predicted octanol–water partition coefficient (Wildman–Crippen LogP) is 11.8. The molecule has 0 aromatic heterocycles. The van der Waals surface area contributed by atoms with Gasteiger partial charge in [0.1, 0.15) is 0 Å². The van der Waals surface area contributed by atoms with E-state index in [0.29, 0.717) is 50.1 Å². The molecule has 406 valence electrons. The Hall–Kier alpha value is -9.58. The number of carbonyl (C=O) groups is 2. The summed E-state index contributed by atoms with van der Waals surface area (Å²) in [7, 11) is 0. The standard InChI is InChI=1S/C62H46N8O10Se2/c71-61(51-19-9-33-65(51)49-29-25-41(67(73)74)35-53(49)69(77)78)63-47-27-21-37-11-1-5-15-43(37)57(47)59-45-17-7-3-13-39(45)23-31-55(59)81-82-56-32-24-40-14-4-8-18-46(40)60(56)58-44-16-6-2-12-38(44)22-28-48(58)64-62(72)52-20-10-34-66(52)50-30-26-42(68(75)76)36-54(50)70(79)80/h1-8,11-18,21-32,35-36,51-52H,9-10,19-20,33-34H2,(H,63,71)(H,64,72)/t51-,52-/m0/s1. The van der Waals surface area contributed by atoms with Crippen LogP contribution in [0.5, 0.6) is 0 Å². The summed E-state index contributed by atoms with van der Waals surface area (Å²) in [6, 6.07) is 54.0. The van der Waals surface area contributed by atoms with Crippen molar-refractivity contribution in [1.82, 2.24) is 0 Å². The number of non-ortho nitro benzene ring substituents is 2. The first-order valence-corrected chi connectivity index (χ1v) is 32.3. The van der Waals surface area contributed by atoms with Crippen molar-refractivity contribution >= 4 is 136 Å². The number of carbonyl (C=O) groups excluding carboxylic acids is 2. The van der Waals surface area contributed by atoms with Gasteiger partial charge in [0.25, 0.3) is 0 Å².